The Morgan fingerprint density at radius 1 is 1.19 bits per heavy atom. The quantitative estimate of drug-likeness (QED) is 0.247. The van der Waals surface area contributed by atoms with Gasteiger partial charge in [-0.2, -0.15) is 0 Å². The molecule has 0 heterocycles. The summed E-state index contributed by atoms with van der Waals surface area (Å²) in [6, 6.07) is 0. The standard InChI is InChI=1S/C21H34O5/c1-2-3-6-9-17(23)12-13-19-18(16(15-22)14-20(19)24)10-7-4-5-8-11-21(25)26/h12-13,15,17,19-20,23-24H,2-11,14H2,1H3,(H,25,26)/t17-,19+,20+/m0/s1. The van der Waals surface area contributed by atoms with Crippen LogP contribution in [0.4, 0.5) is 0 Å². The summed E-state index contributed by atoms with van der Waals surface area (Å²) in [6.45, 7) is 2.12. The highest BCUT2D eigenvalue weighted by atomic mass is 16.4. The van der Waals surface area contributed by atoms with Gasteiger partial charge < -0.3 is 15.3 Å². The van der Waals surface area contributed by atoms with Crippen LogP contribution in [0, 0.1) is 5.92 Å². The molecule has 0 radical (unpaired) electrons. The van der Waals surface area contributed by atoms with Crippen molar-refractivity contribution in [2.75, 3.05) is 0 Å². The molecule has 0 amide bonds. The maximum Gasteiger partial charge on any atom is 0.303 e. The third-order valence-corrected chi connectivity index (χ3v) is 5.03. The number of unbranched alkanes of at least 4 members (excludes halogenated alkanes) is 5. The molecule has 0 aromatic rings. The minimum Gasteiger partial charge on any atom is -0.481 e. The van der Waals surface area contributed by atoms with Gasteiger partial charge in [-0.15, -0.1) is 0 Å². The van der Waals surface area contributed by atoms with Gasteiger partial charge >= 0.3 is 5.97 Å². The van der Waals surface area contributed by atoms with E-state index in [0.717, 1.165) is 63.2 Å². The third kappa shape index (κ3) is 8.28. The number of hydrogen-bond donors (Lipinski definition) is 3. The van der Waals surface area contributed by atoms with Gasteiger partial charge in [0.05, 0.1) is 12.2 Å². The van der Waals surface area contributed by atoms with Crippen LogP contribution in [-0.4, -0.2) is 39.8 Å². The fraction of sp³-hybridized carbons (Fsp3) is 0.714. The van der Waals surface area contributed by atoms with Gasteiger partial charge in [-0.05, 0) is 31.3 Å². The highest BCUT2D eigenvalue weighted by Crippen LogP contribution is 2.36. The summed E-state index contributed by atoms with van der Waals surface area (Å²) in [6.07, 6.45) is 11.9. The number of aliphatic hydroxyl groups is 2. The summed E-state index contributed by atoms with van der Waals surface area (Å²) in [7, 11) is 0. The van der Waals surface area contributed by atoms with E-state index in [1.54, 1.807) is 6.08 Å². The molecule has 1 aliphatic rings. The van der Waals surface area contributed by atoms with Gasteiger partial charge in [0.2, 0.25) is 0 Å². The Kier molecular flexibility index (Phi) is 11.1. The molecule has 0 unspecified atom stereocenters. The number of hydrogen-bond acceptors (Lipinski definition) is 4. The van der Waals surface area contributed by atoms with E-state index < -0.39 is 18.2 Å². The summed E-state index contributed by atoms with van der Waals surface area (Å²) in [5, 5.41) is 29.0. The first kappa shape index (κ1) is 22.6. The molecule has 26 heavy (non-hydrogen) atoms. The van der Waals surface area contributed by atoms with Crippen LogP contribution in [0.5, 0.6) is 0 Å². The number of carbonyl (C=O) groups excluding carboxylic acids is 1. The first-order valence-electron chi connectivity index (χ1n) is 9.92. The number of aliphatic carboxylic acids is 1. The lowest BCUT2D eigenvalue weighted by molar-refractivity contribution is -0.137. The van der Waals surface area contributed by atoms with Crippen molar-refractivity contribution in [1.29, 1.82) is 0 Å². The summed E-state index contributed by atoms with van der Waals surface area (Å²) in [4.78, 5) is 21.8. The Morgan fingerprint density at radius 2 is 1.92 bits per heavy atom. The maximum atomic E-state index is 11.3. The van der Waals surface area contributed by atoms with Crippen LogP contribution in [0.1, 0.15) is 77.6 Å². The molecule has 0 aromatic heterocycles. The Balaban J connectivity index is 2.52. The van der Waals surface area contributed by atoms with E-state index in [2.05, 4.69) is 6.92 Å². The van der Waals surface area contributed by atoms with Crippen LogP contribution in [0.25, 0.3) is 0 Å². The molecule has 148 valence electrons. The van der Waals surface area contributed by atoms with Crippen molar-refractivity contribution < 1.29 is 24.9 Å². The molecular formula is C21H34O5. The molecule has 0 fully saturated rings. The van der Waals surface area contributed by atoms with Gasteiger partial charge in [-0.1, -0.05) is 56.8 Å². The molecular weight excluding hydrogens is 332 g/mol. The van der Waals surface area contributed by atoms with Gasteiger partial charge in [0.25, 0.3) is 0 Å². The third-order valence-electron chi connectivity index (χ3n) is 5.03. The average molecular weight is 366 g/mol. The van der Waals surface area contributed by atoms with Crippen LogP contribution >= 0.6 is 0 Å². The lowest BCUT2D eigenvalue weighted by atomic mass is 9.92. The van der Waals surface area contributed by atoms with E-state index in [1.807, 2.05) is 6.08 Å². The molecule has 0 aromatic carbocycles. The minimum absolute atomic E-state index is 0.197. The second-order valence-corrected chi connectivity index (χ2v) is 7.22. The first-order chi connectivity index (χ1) is 12.5. The van der Waals surface area contributed by atoms with Crippen molar-refractivity contribution in [2.24, 2.45) is 5.92 Å². The summed E-state index contributed by atoms with van der Waals surface area (Å²) >= 11 is 0. The Bertz CT molecular complexity index is 495. The highest BCUT2D eigenvalue weighted by molar-refractivity contribution is 5.76. The number of carboxylic acid groups (broad SMARTS) is 1. The van der Waals surface area contributed by atoms with Gasteiger partial charge in [0, 0.05) is 18.8 Å². The molecule has 0 aliphatic heterocycles. The van der Waals surface area contributed by atoms with Crippen molar-refractivity contribution in [2.45, 2.75) is 89.8 Å². The Labute approximate surface area is 156 Å². The first-order valence-corrected chi connectivity index (χ1v) is 9.92. The zero-order valence-corrected chi connectivity index (χ0v) is 15.9. The van der Waals surface area contributed by atoms with Crippen LogP contribution < -0.4 is 0 Å². The predicted molar refractivity (Wildman–Crippen MR) is 102 cm³/mol. The van der Waals surface area contributed by atoms with Crippen LogP contribution in [-0.2, 0) is 9.59 Å². The van der Waals surface area contributed by atoms with E-state index in [4.69, 9.17) is 5.11 Å². The topological polar surface area (TPSA) is 94.8 Å². The smallest absolute Gasteiger partial charge is 0.303 e. The second kappa shape index (κ2) is 12.8. The number of aldehydes is 1. The Hall–Kier alpha value is -1.46. The van der Waals surface area contributed by atoms with Crippen molar-refractivity contribution in [1.82, 2.24) is 0 Å². The van der Waals surface area contributed by atoms with Crippen LogP contribution in [0.15, 0.2) is 23.3 Å². The van der Waals surface area contributed by atoms with Crippen LogP contribution in [0.3, 0.4) is 0 Å². The number of carbonyl (C=O) groups is 2. The van der Waals surface area contributed by atoms with E-state index in [9.17, 15) is 19.8 Å². The van der Waals surface area contributed by atoms with Crippen molar-refractivity contribution >= 4 is 12.3 Å². The lowest BCUT2D eigenvalue weighted by Gasteiger charge is -2.16. The number of carboxylic acids is 1. The SMILES string of the molecule is CCCCC[C@H](O)C=C[C@@H]1C(CCCCCCC(=O)O)=C(C=O)C[C@H]1O. The number of aliphatic hydroxyl groups excluding tert-OH is 2. The van der Waals surface area contributed by atoms with Gasteiger partial charge in [-0.3, -0.25) is 9.59 Å². The molecule has 1 rings (SSSR count). The van der Waals surface area contributed by atoms with Crippen molar-refractivity contribution in [3.05, 3.63) is 23.3 Å². The van der Waals surface area contributed by atoms with Crippen molar-refractivity contribution in [3.8, 4) is 0 Å². The predicted octanol–water partition coefficient (Wildman–Crippen LogP) is 3.79. The maximum absolute atomic E-state index is 11.3. The van der Waals surface area contributed by atoms with E-state index in [-0.39, 0.29) is 12.3 Å². The van der Waals surface area contributed by atoms with Crippen molar-refractivity contribution in [3.63, 3.8) is 0 Å². The monoisotopic (exact) mass is 366 g/mol. The fourth-order valence-corrected chi connectivity index (χ4v) is 3.52. The molecule has 3 N–H and O–H groups in total. The zero-order chi connectivity index (χ0) is 19.4. The van der Waals surface area contributed by atoms with Gasteiger partial charge in [0.15, 0.2) is 0 Å². The molecule has 5 nitrogen and oxygen atoms in total. The highest BCUT2D eigenvalue weighted by Gasteiger charge is 2.31. The largest absolute Gasteiger partial charge is 0.481 e. The van der Waals surface area contributed by atoms with Gasteiger partial charge in [-0.25, -0.2) is 0 Å². The molecule has 0 bridgehead atoms. The normalized spacial score (nSPS) is 21.5. The molecule has 5 heteroatoms. The Morgan fingerprint density at radius 3 is 2.58 bits per heavy atom. The fourth-order valence-electron chi connectivity index (χ4n) is 3.52. The summed E-state index contributed by atoms with van der Waals surface area (Å²) in [5.74, 6) is -0.965. The minimum atomic E-state index is -0.766. The molecule has 0 saturated heterocycles. The van der Waals surface area contributed by atoms with E-state index in [0.29, 0.717) is 18.4 Å². The molecule has 3 atom stereocenters. The summed E-state index contributed by atoms with van der Waals surface area (Å²) in [5.41, 5.74) is 1.65. The van der Waals surface area contributed by atoms with E-state index in [1.165, 1.54) is 0 Å². The lowest BCUT2D eigenvalue weighted by Crippen LogP contribution is -2.15. The second-order valence-electron chi connectivity index (χ2n) is 7.22. The molecule has 0 saturated carbocycles. The molecule has 0 spiro atoms. The number of rotatable bonds is 14. The average Bonchev–Trinajstić information content (AvgIpc) is 2.91. The summed E-state index contributed by atoms with van der Waals surface area (Å²) < 4.78 is 0. The molecule has 1 aliphatic carbocycles. The zero-order valence-electron chi connectivity index (χ0n) is 15.9. The van der Waals surface area contributed by atoms with Gasteiger partial charge in [0.1, 0.15) is 6.29 Å². The van der Waals surface area contributed by atoms with E-state index >= 15 is 0 Å². The van der Waals surface area contributed by atoms with Crippen LogP contribution in [0.2, 0.25) is 0 Å².